The van der Waals surface area contributed by atoms with Gasteiger partial charge in [-0.25, -0.2) is 0 Å². The van der Waals surface area contributed by atoms with E-state index in [1.807, 2.05) is 24.3 Å². The summed E-state index contributed by atoms with van der Waals surface area (Å²) in [7, 11) is 0. The number of nitrogens with zero attached hydrogens (tertiary/aromatic N) is 3. The number of aromatic nitrogens is 2. The lowest BCUT2D eigenvalue weighted by atomic mass is 10.1. The SMILES string of the molecule is C=C(c1cccc(C#N)c1)n1c(CCCC)nc(O)c(Cc2ccc(Br)cc2)c1=O. The molecule has 0 unspecified atom stereocenters. The third-order valence-electron chi connectivity index (χ3n) is 4.87. The molecule has 1 aromatic heterocycles. The summed E-state index contributed by atoms with van der Waals surface area (Å²) in [5.41, 5.74) is 2.35. The maximum atomic E-state index is 13.4. The van der Waals surface area contributed by atoms with Gasteiger partial charge < -0.3 is 5.11 Å². The normalized spacial score (nSPS) is 10.6. The quantitative estimate of drug-likeness (QED) is 0.532. The van der Waals surface area contributed by atoms with Crippen LogP contribution in [0.4, 0.5) is 0 Å². The van der Waals surface area contributed by atoms with Gasteiger partial charge in [0.05, 0.1) is 22.9 Å². The van der Waals surface area contributed by atoms with E-state index in [1.54, 1.807) is 24.3 Å². The lowest BCUT2D eigenvalue weighted by Crippen LogP contribution is -2.28. The first-order valence-corrected chi connectivity index (χ1v) is 10.5. The van der Waals surface area contributed by atoms with Crippen molar-refractivity contribution in [2.75, 3.05) is 0 Å². The largest absolute Gasteiger partial charge is 0.493 e. The Kier molecular flexibility index (Phi) is 6.86. The van der Waals surface area contributed by atoms with Crippen molar-refractivity contribution in [3.8, 4) is 11.9 Å². The number of aromatic hydroxyl groups is 1. The fourth-order valence-corrected chi connectivity index (χ4v) is 3.49. The van der Waals surface area contributed by atoms with Crippen molar-refractivity contribution in [3.63, 3.8) is 0 Å². The van der Waals surface area contributed by atoms with E-state index < -0.39 is 0 Å². The molecule has 3 rings (SSSR count). The topological polar surface area (TPSA) is 78.9 Å². The smallest absolute Gasteiger partial charge is 0.265 e. The zero-order chi connectivity index (χ0) is 21.7. The van der Waals surface area contributed by atoms with Crippen molar-refractivity contribution < 1.29 is 5.11 Å². The summed E-state index contributed by atoms with van der Waals surface area (Å²) in [6, 6.07) is 16.6. The first kappa shape index (κ1) is 21.5. The second-order valence-electron chi connectivity index (χ2n) is 7.02. The average Bonchev–Trinajstić information content (AvgIpc) is 2.76. The van der Waals surface area contributed by atoms with E-state index in [1.165, 1.54) is 4.57 Å². The summed E-state index contributed by atoms with van der Waals surface area (Å²) in [5.74, 6) is 0.218. The first-order chi connectivity index (χ1) is 14.4. The molecule has 0 aliphatic rings. The van der Waals surface area contributed by atoms with Gasteiger partial charge in [0.1, 0.15) is 5.82 Å². The third-order valence-corrected chi connectivity index (χ3v) is 5.40. The number of halogens is 1. The Balaban J connectivity index is 2.12. The molecule has 3 aromatic rings. The van der Waals surface area contributed by atoms with Crippen LogP contribution in [0.1, 0.15) is 47.8 Å². The van der Waals surface area contributed by atoms with Gasteiger partial charge in [-0.2, -0.15) is 10.2 Å². The number of rotatable bonds is 7. The van der Waals surface area contributed by atoms with E-state index in [9.17, 15) is 15.2 Å². The summed E-state index contributed by atoms with van der Waals surface area (Å²) in [6.07, 6.45) is 2.54. The minimum Gasteiger partial charge on any atom is -0.493 e. The molecule has 0 saturated carbocycles. The number of hydrogen-bond donors (Lipinski definition) is 1. The van der Waals surface area contributed by atoms with Crippen molar-refractivity contribution in [1.29, 1.82) is 5.26 Å². The molecular formula is C24H22BrN3O2. The highest BCUT2D eigenvalue weighted by atomic mass is 79.9. The Morgan fingerprint density at radius 3 is 2.67 bits per heavy atom. The predicted molar refractivity (Wildman–Crippen MR) is 121 cm³/mol. The van der Waals surface area contributed by atoms with E-state index in [2.05, 4.69) is 40.5 Å². The van der Waals surface area contributed by atoms with Gasteiger partial charge >= 0.3 is 0 Å². The van der Waals surface area contributed by atoms with Crippen LogP contribution >= 0.6 is 15.9 Å². The zero-order valence-corrected chi connectivity index (χ0v) is 18.3. The molecule has 30 heavy (non-hydrogen) atoms. The molecule has 0 amide bonds. The fraction of sp³-hybridized carbons (Fsp3) is 0.208. The first-order valence-electron chi connectivity index (χ1n) is 9.72. The Labute approximate surface area is 184 Å². The van der Waals surface area contributed by atoms with Crippen LogP contribution < -0.4 is 5.56 Å². The van der Waals surface area contributed by atoms with Gasteiger partial charge in [0.15, 0.2) is 0 Å². The van der Waals surface area contributed by atoms with Crippen LogP contribution in [-0.2, 0) is 12.8 Å². The number of nitriles is 1. The minimum absolute atomic E-state index is 0.218. The van der Waals surface area contributed by atoms with E-state index in [0.29, 0.717) is 29.1 Å². The van der Waals surface area contributed by atoms with Gasteiger partial charge in [-0.1, -0.05) is 60.1 Å². The Hall–Kier alpha value is -3.17. The van der Waals surface area contributed by atoms with Gasteiger partial charge in [-0.15, -0.1) is 0 Å². The Morgan fingerprint density at radius 2 is 2.00 bits per heavy atom. The maximum absolute atomic E-state index is 13.4. The van der Waals surface area contributed by atoms with Crippen LogP contribution in [0.3, 0.4) is 0 Å². The van der Waals surface area contributed by atoms with E-state index in [4.69, 9.17) is 0 Å². The lowest BCUT2D eigenvalue weighted by molar-refractivity contribution is 0.437. The van der Waals surface area contributed by atoms with Crippen LogP contribution in [-0.4, -0.2) is 14.7 Å². The third kappa shape index (κ3) is 4.69. The zero-order valence-electron chi connectivity index (χ0n) is 16.7. The standard InChI is InChI=1S/C24H22BrN3O2/c1-3-4-8-22-27-23(29)21(14-17-9-11-20(25)12-10-17)24(30)28(22)16(2)19-7-5-6-18(13-19)15-26/h5-7,9-13,29H,2-4,8,14H2,1H3. The molecule has 1 heterocycles. The van der Waals surface area contributed by atoms with Crippen molar-refractivity contribution in [2.45, 2.75) is 32.6 Å². The highest BCUT2D eigenvalue weighted by Crippen LogP contribution is 2.22. The summed E-state index contributed by atoms with van der Waals surface area (Å²) < 4.78 is 2.41. The van der Waals surface area contributed by atoms with Crippen LogP contribution in [0.25, 0.3) is 5.70 Å². The molecule has 0 aliphatic carbocycles. The molecule has 0 bridgehead atoms. The molecule has 5 nitrogen and oxygen atoms in total. The van der Waals surface area contributed by atoms with Gasteiger partial charge in [0.2, 0.25) is 5.88 Å². The molecule has 0 radical (unpaired) electrons. The monoisotopic (exact) mass is 463 g/mol. The minimum atomic E-state index is -0.344. The fourth-order valence-electron chi connectivity index (χ4n) is 3.23. The molecule has 1 N–H and O–H groups in total. The summed E-state index contributed by atoms with van der Waals surface area (Å²) in [5, 5.41) is 19.7. The van der Waals surface area contributed by atoms with Crippen molar-refractivity contribution in [2.24, 2.45) is 0 Å². The average molecular weight is 464 g/mol. The molecule has 0 fully saturated rings. The summed E-state index contributed by atoms with van der Waals surface area (Å²) in [4.78, 5) is 17.8. The van der Waals surface area contributed by atoms with Crippen LogP contribution in [0.2, 0.25) is 0 Å². The van der Waals surface area contributed by atoms with Gasteiger partial charge in [0, 0.05) is 17.3 Å². The van der Waals surface area contributed by atoms with E-state index in [-0.39, 0.29) is 23.4 Å². The molecule has 152 valence electrons. The van der Waals surface area contributed by atoms with Crippen molar-refractivity contribution >= 4 is 21.6 Å². The maximum Gasteiger partial charge on any atom is 0.265 e. The molecule has 0 atom stereocenters. The molecule has 6 heteroatoms. The van der Waals surface area contributed by atoms with Crippen LogP contribution in [0.5, 0.6) is 5.88 Å². The van der Waals surface area contributed by atoms with Crippen molar-refractivity contribution in [3.05, 3.63) is 98.0 Å². The van der Waals surface area contributed by atoms with Gasteiger partial charge in [-0.3, -0.25) is 9.36 Å². The Morgan fingerprint density at radius 1 is 1.27 bits per heavy atom. The van der Waals surface area contributed by atoms with E-state index in [0.717, 1.165) is 22.9 Å². The molecule has 0 saturated heterocycles. The lowest BCUT2D eigenvalue weighted by Gasteiger charge is -2.17. The number of aryl methyl sites for hydroxylation is 1. The van der Waals surface area contributed by atoms with E-state index >= 15 is 0 Å². The summed E-state index contributed by atoms with van der Waals surface area (Å²) in [6.45, 7) is 6.17. The second-order valence-corrected chi connectivity index (χ2v) is 7.93. The predicted octanol–water partition coefficient (Wildman–Crippen LogP) is 5.04. The van der Waals surface area contributed by atoms with Crippen LogP contribution in [0, 0.1) is 11.3 Å². The molecule has 0 aliphatic heterocycles. The number of benzene rings is 2. The summed E-state index contributed by atoms with van der Waals surface area (Å²) >= 11 is 3.40. The Bertz CT molecular complexity index is 1170. The second kappa shape index (κ2) is 9.55. The molecule has 0 spiro atoms. The van der Waals surface area contributed by atoms with Crippen LogP contribution in [0.15, 0.2) is 64.4 Å². The number of hydrogen-bond acceptors (Lipinski definition) is 4. The van der Waals surface area contributed by atoms with Gasteiger partial charge in [-0.05, 0) is 41.8 Å². The highest BCUT2D eigenvalue weighted by molar-refractivity contribution is 9.10. The molecule has 2 aromatic carbocycles. The molecular weight excluding hydrogens is 442 g/mol. The van der Waals surface area contributed by atoms with Crippen molar-refractivity contribution in [1.82, 2.24) is 9.55 Å². The van der Waals surface area contributed by atoms with Gasteiger partial charge in [0.25, 0.3) is 5.56 Å². The number of unbranched alkanes of at least 4 members (excludes halogenated alkanes) is 1. The highest BCUT2D eigenvalue weighted by Gasteiger charge is 2.19.